The highest BCUT2D eigenvalue weighted by atomic mass is 16.7. The number of carboxylic acids is 1. The molecule has 11 nitrogen and oxygen atoms in total. The fourth-order valence-corrected chi connectivity index (χ4v) is 17.0. The van der Waals surface area contributed by atoms with Crippen LogP contribution >= 0.6 is 0 Å². The number of hydrogen-bond donors (Lipinski definition) is 4. The summed E-state index contributed by atoms with van der Waals surface area (Å²) in [6, 6.07) is 9.04. The number of carboxylic acid groups (broad SMARTS) is 1. The quantitative estimate of drug-likeness (QED) is 0.110. The number of rotatable bonds is 13. The Morgan fingerprint density at radius 3 is 2.47 bits per heavy atom. The van der Waals surface area contributed by atoms with Gasteiger partial charge in [-0.25, -0.2) is 4.79 Å². The molecular formula is C57H80N2O9. The van der Waals surface area contributed by atoms with Gasteiger partial charge in [0.2, 0.25) is 0 Å². The SMILES string of the molecule is CC#C[C@@]1(O)CCC2C3CCC4=CC(=O)CCC4=C3[C@H](c3ccc(N(C)CCO[C@H]4CC[C@@]5(C)[C@@H](C4)C[C@@H](OC(=O)OCCN)[C@@H]4[C@@H]5C[C@H](O)[C@]5(C)[C@@H]([C@H](C)CCC(=O)O)CC[C@@H]45)cc3)C[C@@]21C. The molecule has 1 aromatic rings. The van der Waals surface area contributed by atoms with Crippen molar-refractivity contribution in [1.82, 2.24) is 0 Å². The number of nitrogens with zero attached hydrogens (tertiary/aromatic N) is 1. The summed E-state index contributed by atoms with van der Waals surface area (Å²) in [6.07, 6.45) is 13.1. The molecule has 1 aromatic carbocycles. The number of ether oxygens (including phenoxy) is 3. The summed E-state index contributed by atoms with van der Waals surface area (Å²) in [5.74, 6) is 7.74. The molecule has 0 radical (unpaired) electrons. The van der Waals surface area contributed by atoms with Gasteiger partial charge in [0, 0.05) is 55.9 Å². The van der Waals surface area contributed by atoms with Crippen molar-refractivity contribution < 1.29 is 43.9 Å². The molecule has 16 atom stereocenters. The first kappa shape index (κ1) is 49.3. The standard InChI is InChI=1S/C57H80N2O9/c1-7-22-57(65)24-21-45-42-15-11-36-29-39(60)14-16-41(36)51(42)43(33-55(45,57)4)35-9-12-38(13-10-35)59(6)26-28-66-40-20-23-54(3)37(30-40)31-48(68-53(64)67-27-25-58)52-46-18-17-44(34(2)8-19-50(62)63)56(46,5)49(61)32-47(52)54/h9-10,12-13,29,34,37,40,42-49,52,61,65H,8,11,14-21,23-28,30-33,58H2,1-6H3,(H,62,63)/t34-,37+,40+,42?,43+,44-,45?,46+,47+,48-,49+,52+,54+,55+,56-,57-/m1/s1. The van der Waals surface area contributed by atoms with Gasteiger partial charge >= 0.3 is 12.1 Å². The van der Waals surface area contributed by atoms with E-state index in [1.165, 1.54) is 22.3 Å². The van der Waals surface area contributed by atoms with E-state index in [1.807, 2.05) is 13.0 Å². The van der Waals surface area contributed by atoms with Crippen LogP contribution < -0.4 is 10.6 Å². The van der Waals surface area contributed by atoms with E-state index in [2.05, 4.69) is 75.7 Å². The molecule has 2 unspecified atom stereocenters. The molecule has 68 heavy (non-hydrogen) atoms. The minimum atomic E-state index is -1.00. The van der Waals surface area contributed by atoms with Crippen molar-refractivity contribution in [2.45, 2.75) is 167 Å². The summed E-state index contributed by atoms with van der Waals surface area (Å²) in [4.78, 5) is 39.5. The van der Waals surface area contributed by atoms with Crippen molar-refractivity contribution in [3.8, 4) is 11.8 Å². The molecule has 5 N–H and O–H groups in total. The highest BCUT2D eigenvalue weighted by molar-refractivity contribution is 5.93. The van der Waals surface area contributed by atoms with Crippen molar-refractivity contribution in [2.75, 3.05) is 38.3 Å². The number of carbonyl (C=O) groups is 3. The predicted molar refractivity (Wildman–Crippen MR) is 261 cm³/mol. The van der Waals surface area contributed by atoms with Crippen molar-refractivity contribution >= 4 is 23.6 Å². The first-order valence-corrected chi connectivity index (χ1v) is 26.4. The van der Waals surface area contributed by atoms with Crippen molar-refractivity contribution in [3.63, 3.8) is 0 Å². The van der Waals surface area contributed by atoms with Crippen LogP contribution in [0, 0.1) is 75.4 Å². The fourth-order valence-electron chi connectivity index (χ4n) is 17.0. The van der Waals surface area contributed by atoms with Crippen LogP contribution in [0.4, 0.5) is 10.5 Å². The zero-order valence-electron chi connectivity index (χ0n) is 41.8. The number of benzene rings is 1. The van der Waals surface area contributed by atoms with E-state index in [1.54, 1.807) is 0 Å². The average molecular weight is 937 g/mol. The number of anilines is 1. The topological polar surface area (TPSA) is 169 Å². The molecule has 0 spiro atoms. The highest BCUT2D eigenvalue weighted by Gasteiger charge is 2.67. The van der Waals surface area contributed by atoms with Gasteiger partial charge in [0.05, 0.1) is 18.8 Å². The van der Waals surface area contributed by atoms with Crippen LogP contribution in [0.25, 0.3) is 0 Å². The van der Waals surface area contributed by atoms with Gasteiger partial charge in [0.15, 0.2) is 5.78 Å². The zero-order valence-corrected chi connectivity index (χ0v) is 41.8. The summed E-state index contributed by atoms with van der Waals surface area (Å²) in [6.45, 7) is 12.6. The van der Waals surface area contributed by atoms with Crippen LogP contribution in [0.5, 0.6) is 0 Å². The van der Waals surface area contributed by atoms with E-state index in [4.69, 9.17) is 19.9 Å². The van der Waals surface area contributed by atoms with Crippen LogP contribution in [0.2, 0.25) is 0 Å². The number of carbonyl (C=O) groups excluding carboxylic acids is 2. The largest absolute Gasteiger partial charge is 0.508 e. The molecule has 8 aliphatic carbocycles. The Labute approximate surface area is 405 Å². The summed E-state index contributed by atoms with van der Waals surface area (Å²) in [5.41, 5.74) is 10.5. The molecule has 9 rings (SSSR count). The van der Waals surface area contributed by atoms with E-state index in [-0.39, 0.29) is 89.8 Å². The normalized spacial score (nSPS) is 40.8. The number of fused-ring (bicyclic) bond motifs is 9. The molecule has 6 fully saturated rings. The molecule has 372 valence electrons. The van der Waals surface area contributed by atoms with Crippen LogP contribution in [-0.4, -0.2) is 90.5 Å². The molecule has 0 saturated heterocycles. The second kappa shape index (κ2) is 19.1. The summed E-state index contributed by atoms with van der Waals surface area (Å²) >= 11 is 0. The van der Waals surface area contributed by atoms with Crippen molar-refractivity contribution in [3.05, 3.63) is 52.6 Å². The zero-order chi connectivity index (χ0) is 48.3. The molecule has 0 aliphatic heterocycles. The molecule has 8 aliphatic rings. The minimum absolute atomic E-state index is 0.0450. The van der Waals surface area contributed by atoms with E-state index in [9.17, 15) is 29.7 Å². The molecule has 0 bridgehead atoms. The Kier molecular flexibility index (Phi) is 13.9. The third-order valence-electron chi connectivity index (χ3n) is 20.6. The maximum absolute atomic E-state index is 13.2. The van der Waals surface area contributed by atoms with Crippen LogP contribution in [-0.2, 0) is 23.8 Å². The molecule has 11 heteroatoms. The van der Waals surface area contributed by atoms with Crippen LogP contribution in [0.1, 0.15) is 149 Å². The Balaban J connectivity index is 0.873. The number of nitrogens with two attached hydrogens (primary N) is 1. The third kappa shape index (κ3) is 8.47. The second-order valence-corrected chi connectivity index (χ2v) is 23.5. The molecule has 0 amide bonds. The molecule has 6 saturated carbocycles. The van der Waals surface area contributed by atoms with Gasteiger partial charge in [-0.2, -0.15) is 0 Å². The lowest BCUT2D eigenvalue weighted by molar-refractivity contribution is -0.211. The fraction of sp³-hybridized carbons (Fsp3) is 0.737. The van der Waals surface area contributed by atoms with E-state index in [0.29, 0.717) is 44.1 Å². The van der Waals surface area contributed by atoms with E-state index < -0.39 is 29.2 Å². The number of aliphatic hydroxyl groups excluding tert-OH is 1. The van der Waals surface area contributed by atoms with Crippen LogP contribution in [0.3, 0.4) is 0 Å². The number of allylic oxidation sites excluding steroid dienone is 4. The van der Waals surface area contributed by atoms with Gasteiger partial charge in [-0.05, 0) is 184 Å². The lowest BCUT2D eigenvalue weighted by Gasteiger charge is -2.64. The lowest BCUT2D eigenvalue weighted by Crippen LogP contribution is -2.63. The highest BCUT2D eigenvalue weighted by Crippen LogP contribution is 2.70. The molecular weight excluding hydrogens is 857 g/mol. The lowest BCUT2D eigenvalue weighted by atomic mass is 9.43. The number of hydrogen-bond acceptors (Lipinski definition) is 10. The van der Waals surface area contributed by atoms with Crippen molar-refractivity contribution in [2.24, 2.45) is 69.3 Å². The van der Waals surface area contributed by atoms with E-state index in [0.717, 1.165) is 82.9 Å². The van der Waals surface area contributed by atoms with Gasteiger partial charge in [-0.1, -0.05) is 51.3 Å². The number of ketones is 1. The first-order valence-electron chi connectivity index (χ1n) is 26.4. The van der Waals surface area contributed by atoms with Crippen LogP contribution in [0.15, 0.2) is 47.1 Å². The van der Waals surface area contributed by atoms with Gasteiger partial charge in [0.25, 0.3) is 0 Å². The maximum atomic E-state index is 13.2. The number of likely N-dealkylation sites (N-methyl/N-ethyl adjacent to an activating group) is 1. The maximum Gasteiger partial charge on any atom is 0.508 e. The summed E-state index contributed by atoms with van der Waals surface area (Å²) < 4.78 is 18.4. The molecule has 0 aromatic heterocycles. The second-order valence-electron chi connectivity index (χ2n) is 23.5. The Hall–Kier alpha value is -3.69. The summed E-state index contributed by atoms with van der Waals surface area (Å²) in [7, 11) is 2.12. The third-order valence-corrected chi connectivity index (χ3v) is 20.6. The Morgan fingerprint density at radius 2 is 1.74 bits per heavy atom. The number of aliphatic carboxylic acids is 1. The predicted octanol–water partition coefficient (Wildman–Crippen LogP) is 9.38. The van der Waals surface area contributed by atoms with Gasteiger partial charge in [-0.3, -0.25) is 9.59 Å². The van der Waals surface area contributed by atoms with Gasteiger partial charge < -0.3 is 40.2 Å². The Bertz CT molecular complexity index is 2210. The smallest absolute Gasteiger partial charge is 0.481 e. The first-order chi connectivity index (χ1) is 32.4. The minimum Gasteiger partial charge on any atom is -0.481 e. The van der Waals surface area contributed by atoms with E-state index >= 15 is 0 Å². The van der Waals surface area contributed by atoms with Gasteiger partial charge in [0.1, 0.15) is 18.3 Å². The van der Waals surface area contributed by atoms with Crippen molar-refractivity contribution in [1.29, 1.82) is 0 Å². The monoisotopic (exact) mass is 937 g/mol. The Morgan fingerprint density at radius 1 is 0.956 bits per heavy atom. The number of aliphatic hydroxyl groups is 2. The average Bonchev–Trinajstić information content (AvgIpc) is 3.81. The van der Waals surface area contributed by atoms with Gasteiger partial charge in [-0.15, -0.1) is 5.92 Å². The summed E-state index contributed by atoms with van der Waals surface area (Å²) in [5, 5.41) is 33.8. The molecule has 0 heterocycles.